The van der Waals surface area contributed by atoms with Crippen molar-refractivity contribution in [3.63, 3.8) is 0 Å². The highest BCUT2D eigenvalue weighted by atomic mass is 32.2. The third kappa shape index (κ3) is 2.64. The first-order valence-corrected chi connectivity index (χ1v) is 8.49. The summed E-state index contributed by atoms with van der Waals surface area (Å²) in [5.41, 5.74) is 6.52. The number of benzene rings is 1. The van der Waals surface area contributed by atoms with E-state index < -0.39 is 21.7 Å². The fourth-order valence-electron chi connectivity index (χ4n) is 2.47. The van der Waals surface area contributed by atoms with E-state index in [4.69, 9.17) is 5.73 Å². The van der Waals surface area contributed by atoms with Gasteiger partial charge in [0.15, 0.2) is 9.84 Å². The van der Waals surface area contributed by atoms with Crippen molar-refractivity contribution in [3.05, 3.63) is 35.5 Å². The Kier molecular flexibility index (Phi) is 4.10. The van der Waals surface area contributed by atoms with Crippen LogP contribution in [0.4, 0.5) is 0 Å². The van der Waals surface area contributed by atoms with Crippen LogP contribution in [0.25, 0.3) is 5.57 Å². The molecule has 2 rings (SSSR count). The van der Waals surface area contributed by atoms with Crippen LogP contribution in [0.1, 0.15) is 30.9 Å². The zero-order chi connectivity index (χ0) is 16.7. The Balaban J connectivity index is 2.77. The minimum atomic E-state index is -3.42. The molecule has 1 aromatic rings. The van der Waals surface area contributed by atoms with E-state index in [2.05, 4.69) is 0 Å². The molecule has 2 amide bonds. The first-order valence-electron chi connectivity index (χ1n) is 6.84. The largest absolute Gasteiger partial charge is 0.366 e. The summed E-state index contributed by atoms with van der Waals surface area (Å²) in [7, 11) is -1.88. The molecule has 0 unspecified atom stereocenters. The molecule has 1 aromatic carbocycles. The molecule has 0 spiro atoms. The van der Waals surface area contributed by atoms with Crippen molar-refractivity contribution in [2.45, 2.75) is 24.7 Å². The molecule has 1 atom stereocenters. The summed E-state index contributed by atoms with van der Waals surface area (Å²) in [6.45, 7) is 3.26. The number of primary amides is 1. The number of sulfone groups is 1. The number of carbonyl (C=O) groups is 2. The number of likely N-dealkylation sites (N-methyl/N-ethyl adjacent to an activating group) is 1. The highest BCUT2D eigenvalue weighted by Crippen LogP contribution is 2.32. The molecular weight excluding hydrogens is 304 g/mol. The molecule has 118 valence electrons. The maximum absolute atomic E-state index is 12.2. The topological polar surface area (TPSA) is 97.5 Å². The van der Waals surface area contributed by atoms with E-state index in [0.717, 1.165) is 0 Å². The van der Waals surface area contributed by atoms with Gasteiger partial charge >= 0.3 is 0 Å². The fraction of sp³-hybridized carbons (Fsp3) is 0.333. The second-order valence-electron chi connectivity index (χ2n) is 5.23. The van der Waals surface area contributed by atoms with Crippen molar-refractivity contribution < 1.29 is 18.0 Å². The molecule has 0 fully saturated rings. The second kappa shape index (κ2) is 5.57. The second-order valence-corrected chi connectivity index (χ2v) is 7.51. The Morgan fingerprint density at radius 2 is 2.00 bits per heavy atom. The van der Waals surface area contributed by atoms with E-state index in [-0.39, 0.29) is 22.1 Å². The molecule has 0 saturated heterocycles. The zero-order valence-electron chi connectivity index (χ0n) is 12.7. The molecule has 22 heavy (non-hydrogen) atoms. The minimum Gasteiger partial charge on any atom is -0.366 e. The van der Waals surface area contributed by atoms with Gasteiger partial charge in [-0.3, -0.25) is 9.59 Å². The summed E-state index contributed by atoms with van der Waals surface area (Å²) in [6.07, 6.45) is 1.36. The van der Waals surface area contributed by atoms with Gasteiger partial charge < -0.3 is 10.6 Å². The van der Waals surface area contributed by atoms with Gasteiger partial charge in [0, 0.05) is 13.2 Å². The van der Waals surface area contributed by atoms with Crippen LogP contribution in [0.2, 0.25) is 0 Å². The van der Waals surface area contributed by atoms with E-state index in [0.29, 0.717) is 11.1 Å². The highest BCUT2D eigenvalue weighted by Gasteiger charge is 2.29. The Labute approximate surface area is 129 Å². The van der Waals surface area contributed by atoms with Gasteiger partial charge in [0.2, 0.25) is 5.91 Å². The molecule has 0 aromatic heterocycles. The van der Waals surface area contributed by atoms with Crippen molar-refractivity contribution in [2.24, 2.45) is 5.73 Å². The van der Waals surface area contributed by atoms with Gasteiger partial charge in [0.25, 0.3) is 5.91 Å². The summed E-state index contributed by atoms with van der Waals surface area (Å²) in [5.74, 6) is -1.44. The Morgan fingerprint density at radius 1 is 1.36 bits per heavy atom. The zero-order valence-corrected chi connectivity index (χ0v) is 13.5. The molecule has 1 aliphatic rings. The third-order valence-corrected chi connectivity index (χ3v) is 5.56. The standard InChI is InChI=1S/C15H18N2O4S/c1-4-22(20,21)10-5-6-11-9(2)15(19)17(3)8-13(14(16)18)12(11)7-10/h5-9H,4H2,1-3H3,(H2,16,18)/t9-/m1/s1. The minimum absolute atomic E-state index is 0.0458. The van der Waals surface area contributed by atoms with Gasteiger partial charge in [-0.2, -0.15) is 0 Å². The summed E-state index contributed by atoms with van der Waals surface area (Å²) < 4.78 is 24.1. The first kappa shape index (κ1) is 16.2. The highest BCUT2D eigenvalue weighted by molar-refractivity contribution is 7.91. The van der Waals surface area contributed by atoms with Crippen LogP contribution >= 0.6 is 0 Å². The molecule has 1 aliphatic heterocycles. The lowest BCUT2D eigenvalue weighted by atomic mass is 9.92. The normalized spacial score (nSPS) is 18.5. The van der Waals surface area contributed by atoms with E-state index in [1.54, 1.807) is 19.9 Å². The third-order valence-electron chi connectivity index (χ3n) is 3.83. The monoisotopic (exact) mass is 322 g/mol. The molecule has 0 bridgehead atoms. The maximum atomic E-state index is 12.2. The average Bonchev–Trinajstić information content (AvgIpc) is 2.58. The van der Waals surface area contributed by atoms with Crippen LogP contribution < -0.4 is 5.73 Å². The Hall–Kier alpha value is -2.15. The number of hydrogen-bond acceptors (Lipinski definition) is 4. The lowest BCUT2D eigenvalue weighted by Crippen LogP contribution is -2.25. The summed E-state index contributed by atoms with van der Waals surface area (Å²) in [6, 6.07) is 4.47. The van der Waals surface area contributed by atoms with Gasteiger partial charge in [0.05, 0.1) is 22.1 Å². The molecule has 0 radical (unpaired) electrons. The van der Waals surface area contributed by atoms with Gasteiger partial charge in [-0.05, 0) is 30.2 Å². The van der Waals surface area contributed by atoms with Gasteiger partial charge in [0.1, 0.15) is 0 Å². The predicted molar refractivity (Wildman–Crippen MR) is 82.5 cm³/mol. The van der Waals surface area contributed by atoms with Crippen LogP contribution in [0, 0.1) is 0 Å². The fourth-order valence-corrected chi connectivity index (χ4v) is 3.37. The van der Waals surface area contributed by atoms with Crippen LogP contribution in [-0.4, -0.2) is 37.9 Å². The number of hydrogen-bond donors (Lipinski definition) is 1. The number of rotatable bonds is 3. The molecule has 7 heteroatoms. The smallest absolute Gasteiger partial charge is 0.250 e. The summed E-state index contributed by atoms with van der Waals surface area (Å²) in [5, 5.41) is 0. The number of amides is 2. The summed E-state index contributed by atoms with van der Waals surface area (Å²) >= 11 is 0. The van der Waals surface area contributed by atoms with Gasteiger partial charge in [-0.25, -0.2) is 8.42 Å². The number of nitrogens with two attached hydrogens (primary N) is 1. The van der Waals surface area contributed by atoms with E-state index in [9.17, 15) is 18.0 Å². The lowest BCUT2D eigenvalue weighted by Gasteiger charge is -2.16. The van der Waals surface area contributed by atoms with Crippen molar-refractivity contribution in [1.29, 1.82) is 0 Å². The van der Waals surface area contributed by atoms with E-state index in [1.807, 2.05) is 0 Å². The van der Waals surface area contributed by atoms with Crippen LogP contribution in [-0.2, 0) is 19.4 Å². The summed E-state index contributed by atoms with van der Waals surface area (Å²) in [4.78, 5) is 25.4. The van der Waals surface area contributed by atoms with Gasteiger partial charge in [-0.15, -0.1) is 0 Å². The van der Waals surface area contributed by atoms with E-state index in [1.165, 1.54) is 30.3 Å². The van der Waals surface area contributed by atoms with Gasteiger partial charge in [-0.1, -0.05) is 13.0 Å². The molecule has 1 heterocycles. The Morgan fingerprint density at radius 3 is 2.55 bits per heavy atom. The van der Waals surface area contributed by atoms with Crippen molar-refractivity contribution >= 4 is 27.2 Å². The SMILES string of the molecule is CCS(=O)(=O)c1ccc2c(c1)C(C(N)=O)=CN(C)C(=O)[C@@H]2C. The lowest BCUT2D eigenvalue weighted by molar-refractivity contribution is -0.128. The molecule has 0 aliphatic carbocycles. The number of nitrogens with zero attached hydrogens (tertiary/aromatic N) is 1. The Bertz CT molecular complexity index is 781. The number of carbonyl (C=O) groups excluding carboxylic acids is 2. The van der Waals surface area contributed by atoms with Crippen LogP contribution in [0.15, 0.2) is 29.3 Å². The van der Waals surface area contributed by atoms with E-state index >= 15 is 0 Å². The average molecular weight is 322 g/mol. The van der Waals surface area contributed by atoms with Crippen LogP contribution in [0.3, 0.4) is 0 Å². The molecular formula is C15H18N2O4S. The first-order chi connectivity index (χ1) is 10.2. The number of fused-ring (bicyclic) bond motifs is 1. The molecule has 2 N–H and O–H groups in total. The quantitative estimate of drug-likeness (QED) is 0.893. The molecule has 6 nitrogen and oxygen atoms in total. The van der Waals surface area contributed by atoms with Crippen molar-refractivity contribution in [3.8, 4) is 0 Å². The predicted octanol–water partition coefficient (Wildman–Crippen LogP) is 0.882. The molecule has 0 saturated carbocycles. The van der Waals surface area contributed by atoms with Crippen LogP contribution in [0.5, 0.6) is 0 Å². The van der Waals surface area contributed by atoms with Crippen molar-refractivity contribution in [1.82, 2.24) is 4.90 Å². The van der Waals surface area contributed by atoms with Crippen molar-refractivity contribution in [2.75, 3.05) is 12.8 Å². The maximum Gasteiger partial charge on any atom is 0.250 e.